The van der Waals surface area contributed by atoms with Gasteiger partial charge in [0.25, 0.3) is 0 Å². The highest BCUT2D eigenvalue weighted by molar-refractivity contribution is 9.10. The summed E-state index contributed by atoms with van der Waals surface area (Å²) in [4.78, 5) is 12.5. The molecule has 0 aliphatic heterocycles. The average Bonchev–Trinajstić information content (AvgIpc) is 2.87. The molecule has 0 amide bonds. The molecule has 0 aliphatic rings. The first-order valence-electron chi connectivity index (χ1n) is 10.6. The van der Waals surface area contributed by atoms with Crippen LogP contribution >= 0.6 is 15.9 Å². The molecule has 0 N–H and O–H groups in total. The minimum Gasteiger partial charge on any atom is -0.496 e. The van der Waals surface area contributed by atoms with Gasteiger partial charge in [-0.3, -0.25) is 4.79 Å². The van der Waals surface area contributed by atoms with Gasteiger partial charge in [0, 0.05) is 15.6 Å². The zero-order chi connectivity index (χ0) is 23.0. The largest absolute Gasteiger partial charge is 0.496 e. The predicted octanol–water partition coefficient (Wildman–Crippen LogP) is 7.60. The smallest absolute Gasteiger partial charge is 0.185 e. The number of hydrogen-bond donors (Lipinski definition) is 0. The minimum atomic E-state index is -0.0524. The molecule has 0 saturated carbocycles. The van der Waals surface area contributed by atoms with Crippen molar-refractivity contribution < 1.29 is 14.3 Å². The lowest BCUT2D eigenvalue weighted by Gasteiger charge is -2.12. The Morgan fingerprint density at radius 3 is 2.33 bits per heavy atom. The van der Waals surface area contributed by atoms with E-state index in [-0.39, 0.29) is 5.78 Å². The van der Waals surface area contributed by atoms with Crippen molar-refractivity contribution in [3.05, 3.63) is 124 Å². The molecular formula is C29H23BrO3. The molecule has 0 spiro atoms. The van der Waals surface area contributed by atoms with Gasteiger partial charge in [0.1, 0.15) is 18.1 Å². The Kier molecular flexibility index (Phi) is 7.38. The van der Waals surface area contributed by atoms with E-state index in [4.69, 9.17) is 9.47 Å². The Hall–Kier alpha value is -3.63. The number of benzene rings is 4. The number of allylic oxidation sites excluding steroid dienone is 1. The van der Waals surface area contributed by atoms with E-state index in [2.05, 4.69) is 40.2 Å². The number of carbonyl (C=O) groups is 1. The number of ether oxygens (including phenoxy) is 2. The molecule has 0 fully saturated rings. The molecule has 4 rings (SSSR count). The summed E-state index contributed by atoms with van der Waals surface area (Å²) in [5.41, 5.74) is 4.75. The second-order valence-corrected chi connectivity index (χ2v) is 8.37. The van der Waals surface area contributed by atoms with Crippen LogP contribution in [0.2, 0.25) is 0 Å². The number of halogens is 1. The van der Waals surface area contributed by atoms with Gasteiger partial charge in [0.2, 0.25) is 0 Å². The summed E-state index contributed by atoms with van der Waals surface area (Å²) in [6, 6.07) is 31.4. The summed E-state index contributed by atoms with van der Waals surface area (Å²) in [6.45, 7) is 0.356. The first-order chi connectivity index (χ1) is 16.1. The van der Waals surface area contributed by atoms with Crippen LogP contribution in [0.4, 0.5) is 0 Å². The molecule has 4 aromatic rings. The van der Waals surface area contributed by atoms with Crippen molar-refractivity contribution in [2.75, 3.05) is 7.11 Å². The summed E-state index contributed by atoms with van der Waals surface area (Å²) < 4.78 is 12.4. The molecule has 0 heterocycles. The van der Waals surface area contributed by atoms with Crippen LogP contribution in [0.1, 0.15) is 21.5 Å². The van der Waals surface area contributed by atoms with Crippen molar-refractivity contribution in [2.24, 2.45) is 0 Å². The van der Waals surface area contributed by atoms with Crippen LogP contribution in [0, 0.1) is 0 Å². The molecule has 0 radical (unpaired) electrons. The topological polar surface area (TPSA) is 35.5 Å². The molecule has 0 saturated heterocycles. The standard InChI is InChI=1S/C29H23BrO3/c1-32-29-17-11-21(10-16-28(31)24-8-5-9-26(30)19-24)18-25(29)20-33-27-14-12-23(13-15-27)22-6-3-2-4-7-22/h2-19H,20H2,1H3/b16-10+. The fourth-order valence-electron chi connectivity index (χ4n) is 3.46. The Morgan fingerprint density at radius 2 is 1.61 bits per heavy atom. The zero-order valence-electron chi connectivity index (χ0n) is 18.2. The fraction of sp³-hybridized carbons (Fsp3) is 0.0690. The van der Waals surface area contributed by atoms with Gasteiger partial charge in [0.15, 0.2) is 5.78 Å². The van der Waals surface area contributed by atoms with Gasteiger partial charge in [0.05, 0.1) is 7.11 Å². The monoisotopic (exact) mass is 498 g/mol. The lowest BCUT2D eigenvalue weighted by Crippen LogP contribution is -1.99. The summed E-state index contributed by atoms with van der Waals surface area (Å²) in [6.07, 6.45) is 3.39. The van der Waals surface area contributed by atoms with E-state index in [0.717, 1.165) is 32.7 Å². The Morgan fingerprint density at radius 1 is 0.848 bits per heavy atom. The van der Waals surface area contributed by atoms with Gasteiger partial charge in [-0.2, -0.15) is 0 Å². The molecule has 4 heteroatoms. The predicted molar refractivity (Wildman–Crippen MR) is 137 cm³/mol. The SMILES string of the molecule is COc1ccc(/C=C/C(=O)c2cccc(Br)c2)cc1COc1ccc(-c2ccccc2)cc1. The van der Waals surface area contributed by atoms with Crippen LogP contribution in [0.15, 0.2) is 108 Å². The molecule has 4 aromatic carbocycles. The van der Waals surface area contributed by atoms with E-state index in [9.17, 15) is 4.79 Å². The highest BCUT2D eigenvalue weighted by Crippen LogP contribution is 2.25. The highest BCUT2D eigenvalue weighted by Gasteiger charge is 2.07. The molecule has 0 aromatic heterocycles. The normalized spacial score (nSPS) is 10.8. The van der Waals surface area contributed by atoms with E-state index < -0.39 is 0 Å². The number of hydrogen-bond acceptors (Lipinski definition) is 3. The fourth-order valence-corrected chi connectivity index (χ4v) is 3.86. The van der Waals surface area contributed by atoms with Gasteiger partial charge >= 0.3 is 0 Å². The lowest BCUT2D eigenvalue weighted by molar-refractivity contribution is 0.104. The van der Waals surface area contributed by atoms with Crippen LogP contribution < -0.4 is 9.47 Å². The van der Waals surface area contributed by atoms with Gasteiger partial charge in [-0.1, -0.05) is 82.7 Å². The van der Waals surface area contributed by atoms with E-state index in [1.807, 2.05) is 66.7 Å². The van der Waals surface area contributed by atoms with E-state index >= 15 is 0 Å². The van der Waals surface area contributed by atoms with Crippen molar-refractivity contribution in [2.45, 2.75) is 6.61 Å². The van der Waals surface area contributed by atoms with Crippen molar-refractivity contribution in [1.82, 2.24) is 0 Å². The first kappa shape index (κ1) is 22.6. The number of rotatable bonds is 8. The molecular weight excluding hydrogens is 476 g/mol. The Labute approximate surface area is 202 Å². The second kappa shape index (κ2) is 10.8. The quantitative estimate of drug-likeness (QED) is 0.185. The summed E-state index contributed by atoms with van der Waals surface area (Å²) in [5.74, 6) is 1.47. The molecule has 164 valence electrons. The summed E-state index contributed by atoms with van der Waals surface area (Å²) >= 11 is 3.40. The van der Waals surface area contributed by atoms with Gasteiger partial charge in [-0.15, -0.1) is 0 Å². The Balaban J connectivity index is 1.45. The van der Waals surface area contributed by atoms with E-state index in [1.165, 1.54) is 5.56 Å². The van der Waals surface area contributed by atoms with Crippen LogP contribution in [0.3, 0.4) is 0 Å². The van der Waals surface area contributed by atoms with Crippen molar-refractivity contribution in [1.29, 1.82) is 0 Å². The van der Waals surface area contributed by atoms with Crippen LogP contribution in [-0.2, 0) is 6.61 Å². The molecule has 33 heavy (non-hydrogen) atoms. The highest BCUT2D eigenvalue weighted by atomic mass is 79.9. The second-order valence-electron chi connectivity index (χ2n) is 7.46. The lowest BCUT2D eigenvalue weighted by atomic mass is 10.1. The molecule has 0 bridgehead atoms. The maximum Gasteiger partial charge on any atom is 0.185 e. The molecule has 0 aliphatic carbocycles. The van der Waals surface area contributed by atoms with Crippen molar-refractivity contribution >= 4 is 27.8 Å². The minimum absolute atomic E-state index is 0.0524. The molecule has 3 nitrogen and oxygen atoms in total. The zero-order valence-corrected chi connectivity index (χ0v) is 19.8. The maximum atomic E-state index is 12.5. The number of ketones is 1. The van der Waals surface area contributed by atoms with Crippen molar-refractivity contribution in [3.63, 3.8) is 0 Å². The van der Waals surface area contributed by atoms with Gasteiger partial charge < -0.3 is 9.47 Å². The number of carbonyl (C=O) groups excluding carboxylic acids is 1. The summed E-state index contributed by atoms with van der Waals surface area (Å²) in [7, 11) is 1.64. The maximum absolute atomic E-state index is 12.5. The average molecular weight is 499 g/mol. The molecule has 0 unspecified atom stereocenters. The van der Waals surface area contributed by atoms with E-state index in [1.54, 1.807) is 25.3 Å². The third kappa shape index (κ3) is 5.99. The first-order valence-corrected chi connectivity index (χ1v) is 11.3. The number of methoxy groups -OCH3 is 1. The summed E-state index contributed by atoms with van der Waals surface area (Å²) in [5, 5.41) is 0. The molecule has 0 atom stereocenters. The van der Waals surface area contributed by atoms with Crippen LogP contribution in [0.5, 0.6) is 11.5 Å². The van der Waals surface area contributed by atoms with Gasteiger partial charge in [-0.05, 0) is 59.2 Å². The van der Waals surface area contributed by atoms with Crippen LogP contribution in [-0.4, -0.2) is 12.9 Å². The van der Waals surface area contributed by atoms with Crippen molar-refractivity contribution in [3.8, 4) is 22.6 Å². The third-order valence-corrected chi connectivity index (χ3v) is 5.69. The van der Waals surface area contributed by atoms with Crippen LogP contribution in [0.25, 0.3) is 17.2 Å². The third-order valence-electron chi connectivity index (χ3n) is 5.20. The van der Waals surface area contributed by atoms with E-state index in [0.29, 0.717) is 12.2 Å². The van der Waals surface area contributed by atoms with Gasteiger partial charge in [-0.25, -0.2) is 0 Å². The Bertz CT molecular complexity index is 1260.